The average Bonchev–Trinajstić information content (AvgIpc) is 2.74. The molecule has 1 aliphatic rings. The van der Waals surface area contributed by atoms with Gasteiger partial charge >= 0.3 is 0 Å². The number of amides is 1. The number of benzene rings is 2. The summed E-state index contributed by atoms with van der Waals surface area (Å²) in [5.41, 5.74) is 2.92. The van der Waals surface area contributed by atoms with Gasteiger partial charge in [0.1, 0.15) is 5.75 Å². The highest BCUT2D eigenvalue weighted by Gasteiger charge is 2.27. The molecular formula is C23H31N3O2. The molecule has 1 amide bonds. The van der Waals surface area contributed by atoms with Gasteiger partial charge in [-0.15, -0.1) is 0 Å². The molecule has 0 spiro atoms. The van der Waals surface area contributed by atoms with Gasteiger partial charge in [0.15, 0.2) is 0 Å². The van der Waals surface area contributed by atoms with E-state index in [1.807, 2.05) is 49.4 Å². The van der Waals surface area contributed by atoms with E-state index >= 15 is 0 Å². The predicted octanol–water partition coefficient (Wildman–Crippen LogP) is 3.11. The molecule has 2 aromatic carbocycles. The number of carbonyl (C=O) groups excluding carboxylic acids is 1. The summed E-state index contributed by atoms with van der Waals surface area (Å²) in [5.74, 6) is 0.839. The maximum atomic E-state index is 12.7. The smallest absolute Gasteiger partial charge is 0.251 e. The summed E-state index contributed by atoms with van der Waals surface area (Å²) in [4.78, 5) is 17.6. The molecular weight excluding hydrogens is 350 g/mol. The highest BCUT2D eigenvalue weighted by atomic mass is 16.5. The average molecular weight is 382 g/mol. The largest absolute Gasteiger partial charge is 0.496 e. The fourth-order valence-corrected chi connectivity index (χ4v) is 3.85. The Kier molecular flexibility index (Phi) is 7.06. The Morgan fingerprint density at radius 2 is 1.86 bits per heavy atom. The Hall–Kier alpha value is -2.37. The van der Waals surface area contributed by atoms with Gasteiger partial charge in [0, 0.05) is 43.9 Å². The Labute approximate surface area is 168 Å². The van der Waals surface area contributed by atoms with E-state index in [4.69, 9.17) is 4.74 Å². The van der Waals surface area contributed by atoms with Crippen LogP contribution >= 0.6 is 0 Å². The molecule has 1 N–H and O–H groups in total. The van der Waals surface area contributed by atoms with Gasteiger partial charge in [-0.3, -0.25) is 9.69 Å². The molecule has 1 unspecified atom stereocenters. The number of aryl methyl sites for hydroxylation is 1. The molecule has 2 aromatic rings. The molecule has 0 saturated carbocycles. The second-order valence-electron chi connectivity index (χ2n) is 7.31. The van der Waals surface area contributed by atoms with Crippen molar-refractivity contribution in [2.45, 2.75) is 19.9 Å². The van der Waals surface area contributed by atoms with Crippen LogP contribution in [0.2, 0.25) is 0 Å². The Bertz CT molecular complexity index is 785. The topological polar surface area (TPSA) is 44.8 Å². The molecule has 1 aliphatic heterocycles. The molecule has 0 bridgehead atoms. The van der Waals surface area contributed by atoms with Crippen molar-refractivity contribution in [2.24, 2.45) is 0 Å². The van der Waals surface area contributed by atoms with Gasteiger partial charge in [0.2, 0.25) is 0 Å². The number of ether oxygens (including phenoxy) is 1. The maximum Gasteiger partial charge on any atom is 0.251 e. The first-order valence-electron chi connectivity index (χ1n) is 10.1. The summed E-state index contributed by atoms with van der Waals surface area (Å²) < 4.78 is 5.62. The van der Waals surface area contributed by atoms with E-state index in [2.05, 4.69) is 28.1 Å². The van der Waals surface area contributed by atoms with E-state index < -0.39 is 0 Å². The first kappa shape index (κ1) is 20.4. The van der Waals surface area contributed by atoms with Crippen LogP contribution in [-0.4, -0.2) is 62.1 Å². The monoisotopic (exact) mass is 381 g/mol. The molecule has 1 atom stereocenters. The van der Waals surface area contributed by atoms with Crippen LogP contribution in [0.3, 0.4) is 0 Å². The van der Waals surface area contributed by atoms with E-state index in [-0.39, 0.29) is 11.9 Å². The van der Waals surface area contributed by atoms with Crippen LogP contribution in [0.25, 0.3) is 0 Å². The van der Waals surface area contributed by atoms with E-state index in [1.54, 1.807) is 7.11 Å². The highest BCUT2D eigenvalue weighted by molar-refractivity contribution is 5.94. The van der Waals surface area contributed by atoms with Crippen molar-refractivity contribution >= 4 is 5.91 Å². The predicted molar refractivity (Wildman–Crippen MR) is 113 cm³/mol. The van der Waals surface area contributed by atoms with Gasteiger partial charge < -0.3 is 15.0 Å². The van der Waals surface area contributed by atoms with Crippen LogP contribution in [0.15, 0.2) is 48.5 Å². The van der Waals surface area contributed by atoms with Crippen LogP contribution in [-0.2, 0) is 0 Å². The lowest BCUT2D eigenvalue weighted by Gasteiger charge is -2.39. The number of piperazine rings is 1. The number of rotatable bonds is 7. The van der Waals surface area contributed by atoms with Crippen LogP contribution in [0.4, 0.5) is 0 Å². The third kappa shape index (κ3) is 4.91. The van der Waals surface area contributed by atoms with Gasteiger partial charge in [-0.05, 0) is 31.7 Å². The van der Waals surface area contributed by atoms with Gasteiger partial charge in [-0.2, -0.15) is 0 Å². The van der Waals surface area contributed by atoms with E-state index in [1.165, 1.54) is 0 Å². The minimum Gasteiger partial charge on any atom is -0.496 e. The van der Waals surface area contributed by atoms with Crippen molar-refractivity contribution in [1.29, 1.82) is 0 Å². The number of carbonyl (C=O) groups is 1. The number of para-hydroxylation sites is 1. The zero-order valence-corrected chi connectivity index (χ0v) is 17.1. The third-order valence-electron chi connectivity index (χ3n) is 5.53. The van der Waals surface area contributed by atoms with Crippen molar-refractivity contribution < 1.29 is 9.53 Å². The zero-order valence-electron chi connectivity index (χ0n) is 17.1. The van der Waals surface area contributed by atoms with Gasteiger partial charge in [-0.1, -0.05) is 42.8 Å². The summed E-state index contributed by atoms with van der Waals surface area (Å²) in [6, 6.07) is 15.9. The van der Waals surface area contributed by atoms with Crippen LogP contribution in [0.5, 0.6) is 5.75 Å². The Morgan fingerprint density at radius 3 is 2.54 bits per heavy atom. The zero-order chi connectivity index (χ0) is 19.9. The summed E-state index contributed by atoms with van der Waals surface area (Å²) in [6.07, 6.45) is 0. The molecule has 5 nitrogen and oxygen atoms in total. The van der Waals surface area contributed by atoms with E-state index in [0.717, 1.165) is 49.6 Å². The molecule has 1 saturated heterocycles. The van der Waals surface area contributed by atoms with Crippen molar-refractivity contribution in [2.75, 3.05) is 46.4 Å². The van der Waals surface area contributed by atoms with Crippen LogP contribution in [0, 0.1) is 6.92 Å². The fourth-order valence-electron chi connectivity index (χ4n) is 3.85. The Balaban J connectivity index is 1.77. The van der Waals surface area contributed by atoms with Crippen molar-refractivity contribution in [1.82, 2.24) is 15.1 Å². The quantitative estimate of drug-likeness (QED) is 0.800. The van der Waals surface area contributed by atoms with Crippen molar-refractivity contribution in [3.63, 3.8) is 0 Å². The molecule has 28 heavy (non-hydrogen) atoms. The highest BCUT2D eigenvalue weighted by Crippen LogP contribution is 2.29. The third-order valence-corrected chi connectivity index (χ3v) is 5.53. The van der Waals surface area contributed by atoms with Gasteiger partial charge in [0.05, 0.1) is 13.2 Å². The maximum absolute atomic E-state index is 12.7. The number of methoxy groups -OCH3 is 1. The minimum atomic E-state index is -0.0317. The fraction of sp³-hybridized carbons (Fsp3) is 0.435. The summed E-state index contributed by atoms with van der Waals surface area (Å²) in [7, 11) is 1.70. The lowest BCUT2D eigenvalue weighted by molar-refractivity contribution is 0.0850. The van der Waals surface area contributed by atoms with Crippen molar-refractivity contribution in [3.8, 4) is 5.75 Å². The number of nitrogens with one attached hydrogen (secondary N) is 1. The number of nitrogens with zero attached hydrogens (tertiary/aromatic N) is 2. The summed E-state index contributed by atoms with van der Waals surface area (Å²) >= 11 is 0. The van der Waals surface area contributed by atoms with Gasteiger partial charge in [-0.25, -0.2) is 0 Å². The molecule has 0 radical (unpaired) electrons. The van der Waals surface area contributed by atoms with Crippen molar-refractivity contribution in [3.05, 3.63) is 65.2 Å². The summed E-state index contributed by atoms with van der Waals surface area (Å²) in [6.45, 7) is 9.91. The summed E-state index contributed by atoms with van der Waals surface area (Å²) in [5, 5.41) is 3.15. The molecule has 1 fully saturated rings. The Morgan fingerprint density at radius 1 is 1.11 bits per heavy atom. The van der Waals surface area contributed by atoms with E-state index in [0.29, 0.717) is 12.1 Å². The lowest BCUT2D eigenvalue weighted by atomic mass is 10.0. The molecule has 0 aromatic heterocycles. The van der Waals surface area contributed by atoms with Crippen LogP contribution in [0.1, 0.15) is 34.5 Å². The SMILES string of the molecule is CCN1CCN(C(CNC(=O)c2cccc(C)c2)c2ccccc2OC)CC1. The van der Waals surface area contributed by atoms with E-state index in [9.17, 15) is 4.79 Å². The molecule has 150 valence electrons. The number of hydrogen-bond donors (Lipinski definition) is 1. The lowest BCUT2D eigenvalue weighted by Crippen LogP contribution is -2.49. The second-order valence-corrected chi connectivity index (χ2v) is 7.31. The molecule has 5 heteroatoms. The van der Waals surface area contributed by atoms with Crippen LogP contribution < -0.4 is 10.1 Å². The van der Waals surface area contributed by atoms with Gasteiger partial charge in [0.25, 0.3) is 5.91 Å². The standard InChI is InChI=1S/C23H31N3O2/c1-4-25-12-14-26(15-13-25)21(20-10-5-6-11-22(20)28-3)17-24-23(27)19-9-7-8-18(2)16-19/h5-11,16,21H,4,12-15,17H2,1-3H3,(H,24,27). The first-order chi connectivity index (χ1) is 13.6. The molecule has 3 rings (SSSR count). The minimum absolute atomic E-state index is 0.0317. The normalized spacial score (nSPS) is 16.5. The number of likely N-dealkylation sites (N-methyl/N-ethyl adjacent to an activating group) is 1. The first-order valence-corrected chi connectivity index (χ1v) is 10.1. The molecule has 0 aliphatic carbocycles. The second kappa shape index (κ2) is 9.71. The molecule has 1 heterocycles. The number of hydrogen-bond acceptors (Lipinski definition) is 4.